The second-order valence-electron chi connectivity index (χ2n) is 5.37. The Hall–Kier alpha value is -2.82. The van der Waals surface area contributed by atoms with Gasteiger partial charge in [-0.1, -0.05) is 11.6 Å². The van der Waals surface area contributed by atoms with E-state index in [1.165, 1.54) is 0 Å². The Labute approximate surface area is 159 Å². The Kier molecular flexibility index (Phi) is 6.17. The lowest BCUT2D eigenvalue weighted by atomic mass is 10.2. The number of esters is 1. The average Bonchev–Trinajstić information content (AvgIpc) is 2.58. The Bertz CT molecular complexity index is 1030. The zero-order chi connectivity index (χ0) is 21.2. The predicted octanol–water partition coefficient (Wildman–Crippen LogP) is 2.29. The number of ether oxygens (including phenoxy) is 2. The highest BCUT2D eigenvalue weighted by Gasteiger charge is 2.35. The lowest BCUT2D eigenvalue weighted by Gasteiger charge is -2.15. The minimum atomic E-state index is -4.96. The van der Waals surface area contributed by atoms with Crippen LogP contribution in [0.2, 0.25) is 5.02 Å². The fourth-order valence-electron chi connectivity index (χ4n) is 2.26. The maximum absolute atomic E-state index is 14.3. The van der Waals surface area contributed by atoms with E-state index in [9.17, 15) is 31.9 Å². The van der Waals surface area contributed by atoms with Gasteiger partial charge in [0.25, 0.3) is 5.56 Å². The molecule has 0 saturated carbocycles. The molecule has 0 unspecified atom stereocenters. The molecule has 1 aromatic heterocycles. The van der Waals surface area contributed by atoms with Crippen molar-refractivity contribution in [3.05, 3.63) is 55.6 Å². The molecule has 0 aliphatic rings. The third-order valence-corrected chi connectivity index (χ3v) is 3.80. The first-order chi connectivity index (χ1) is 13.0. The molecule has 0 amide bonds. The Morgan fingerprint density at radius 3 is 2.43 bits per heavy atom. The lowest BCUT2D eigenvalue weighted by Crippen LogP contribution is -2.41. The number of hydrogen-bond donors (Lipinski definition) is 0. The monoisotopic (exact) mass is 424 g/mol. The highest BCUT2D eigenvalue weighted by atomic mass is 35.5. The van der Waals surface area contributed by atoms with E-state index < -0.39 is 47.2 Å². The molecule has 2 aromatic rings. The Morgan fingerprint density at radius 2 is 1.86 bits per heavy atom. The van der Waals surface area contributed by atoms with Gasteiger partial charge in [-0.2, -0.15) is 13.2 Å². The molecule has 0 spiro atoms. The third-order valence-electron chi connectivity index (χ3n) is 3.50. The van der Waals surface area contributed by atoms with Crippen molar-refractivity contribution >= 4 is 17.6 Å². The zero-order valence-electron chi connectivity index (χ0n) is 14.5. The molecular weight excluding hydrogens is 412 g/mol. The fourth-order valence-corrected chi connectivity index (χ4v) is 2.46. The number of carbonyl (C=O) groups is 1. The van der Waals surface area contributed by atoms with Crippen molar-refractivity contribution in [2.45, 2.75) is 13.1 Å². The molecule has 0 saturated heterocycles. The molecule has 7 nitrogen and oxygen atoms in total. The van der Waals surface area contributed by atoms with E-state index in [2.05, 4.69) is 4.74 Å². The number of halogens is 5. The van der Waals surface area contributed by atoms with E-state index in [-0.39, 0.29) is 32.6 Å². The van der Waals surface area contributed by atoms with Gasteiger partial charge >= 0.3 is 17.8 Å². The van der Waals surface area contributed by atoms with Crippen molar-refractivity contribution in [1.82, 2.24) is 9.13 Å². The van der Waals surface area contributed by atoms with Gasteiger partial charge < -0.3 is 9.47 Å². The van der Waals surface area contributed by atoms with Gasteiger partial charge in [-0.05, 0) is 13.0 Å². The summed E-state index contributed by atoms with van der Waals surface area (Å²) < 4.78 is 63.1. The smallest absolute Gasteiger partial charge is 0.431 e. The number of alkyl halides is 3. The first kappa shape index (κ1) is 21.5. The van der Waals surface area contributed by atoms with Crippen molar-refractivity contribution in [3.63, 3.8) is 0 Å². The van der Waals surface area contributed by atoms with E-state index >= 15 is 0 Å². The van der Waals surface area contributed by atoms with Crippen LogP contribution in [0.3, 0.4) is 0 Å². The highest BCUT2D eigenvalue weighted by molar-refractivity contribution is 6.32. The van der Waals surface area contributed by atoms with E-state index in [1.807, 2.05) is 0 Å². The normalized spacial score (nSPS) is 11.4. The first-order valence-electron chi connectivity index (χ1n) is 7.65. The minimum absolute atomic E-state index is 0.0849. The summed E-state index contributed by atoms with van der Waals surface area (Å²) in [6, 6.07) is 1.68. The molecule has 12 heteroatoms. The molecule has 0 aliphatic heterocycles. The molecule has 0 bridgehead atoms. The Balaban J connectivity index is 2.58. The van der Waals surface area contributed by atoms with Crippen molar-refractivity contribution in [1.29, 1.82) is 0 Å². The number of nitrogens with zero attached hydrogens (tertiary/aromatic N) is 2. The molecule has 0 N–H and O–H groups in total. The third kappa shape index (κ3) is 4.35. The number of benzene rings is 1. The standard InChI is InChI=1S/C16H13ClF4N2O5/c1-3-27-14(25)7-28-11-5-10(9(18)4-8(11)17)23-13(24)6-12(16(19,20)21)22(2)15(23)26/h4-6H,3,7H2,1-2H3. The maximum atomic E-state index is 14.3. The molecule has 1 heterocycles. The van der Waals surface area contributed by atoms with Gasteiger partial charge in [0.1, 0.15) is 17.3 Å². The van der Waals surface area contributed by atoms with Crippen molar-refractivity contribution in [3.8, 4) is 11.4 Å². The summed E-state index contributed by atoms with van der Waals surface area (Å²) in [5, 5.41) is -0.290. The summed E-state index contributed by atoms with van der Waals surface area (Å²) in [7, 11) is 0.785. The lowest BCUT2D eigenvalue weighted by molar-refractivity contribution is -0.145. The topological polar surface area (TPSA) is 79.5 Å². The molecule has 152 valence electrons. The SMILES string of the molecule is CCOC(=O)COc1cc(-n2c(=O)cc(C(F)(F)F)n(C)c2=O)c(F)cc1Cl. The fraction of sp³-hybridized carbons (Fsp3) is 0.312. The van der Waals surface area contributed by atoms with E-state index in [1.54, 1.807) is 6.92 Å². The number of carbonyl (C=O) groups excluding carboxylic acids is 1. The number of aromatic nitrogens is 2. The van der Waals surface area contributed by atoms with Gasteiger partial charge in [-0.3, -0.25) is 9.36 Å². The Morgan fingerprint density at radius 1 is 1.21 bits per heavy atom. The van der Waals surface area contributed by atoms with E-state index in [0.717, 1.165) is 13.1 Å². The summed E-state index contributed by atoms with van der Waals surface area (Å²) in [4.78, 5) is 35.7. The van der Waals surface area contributed by atoms with Crippen LogP contribution in [0.25, 0.3) is 5.69 Å². The summed E-state index contributed by atoms with van der Waals surface area (Å²) >= 11 is 5.81. The van der Waals surface area contributed by atoms with Crippen LogP contribution in [0.15, 0.2) is 27.8 Å². The largest absolute Gasteiger partial charge is 0.480 e. The van der Waals surface area contributed by atoms with E-state index in [0.29, 0.717) is 6.07 Å². The summed E-state index contributed by atoms with van der Waals surface area (Å²) in [6.45, 7) is 1.05. The van der Waals surface area contributed by atoms with Gasteiger partial charge in [-0.25, -0.2) is 18.5 Å². The first-order valence-corrected chi connectivity index (χ1v) is 8.03. The molecule has 0 radical (unpaired) electrons. The van der Waals surface area contributed by atoms with Crippen LogP contribution >= 0.6 is 11.6 Å². The van der Waals surface area contributed by atoms with Crippen molar-refractivity contribution in [2.75, 3.05) is 13.2 Å². The molecule has 2 rings (SSSR count). The molecule has 0 fully saturated rings. The molecule has 0 atom stereocenters. The number of hydrogen-bond acceptors (Lipinski definition) is 5. The van der Waals surface area contributed by atoms with Crippen molar-refractivity contribution < 1.29 is 31.8 Å². The van der Waals surface area contributed by atoms with Crippen LogP contribution in [0, 0.1) is 5.82 Å². The average molecular weight is 425 g/mol. The van der Waals surface area contributed by atoms with Crippen LogP contribution in [-0.2, 0) is 22.8 Å². The second-order valence-corrected chi connectivity index (χ2v) is 5.78. The van der Waals surface area contributed by atoms with Gasteiger partial charge in [0.2, 0.25) is 0 Å². The predicted molar refractivity (Wildman–Crippen MR) is 89.4 cm³/mol. The van der Waals surface area contributed by atoms with Crippen LogP contribution in [0.4, 0.5) is 17.6 Å². The summed E-state index contributed by atoms with van der Waals surface area (Å²) in [5.41, 5.74) is -5.03. The highest BCUT2D eigenvalue weighted by Crippen LogP contribution is 2.30. The molecular formula is C16H13ClF4N2O5. The van der Waals surface area contributed by atoms with Crippen LogP contribution in [0.1, 0.15) is 12.6 Å². The second kappa shape index (κ2) is 8.05. The maximum Gasteiger partial charge on any atom is 0.431 e. The zero-order valence-corrected chi connectivity index (χ0v) is 15.2. The quantitative estimate of drug-likeness (QED) is 0.543. The molecule has 0 aliphatic carbocycles. The van der Waals surface area contributed by atoms with Gasteiger partial charge in [0.15, 0.2) is 6.61 Å². The van der Waals surface area contributed by atoms with Crippen LogP contribution in [-0.4, -0.2) is 28.3 Å². The van der Waals surface area contributed by atoms with Crippen molar-refractivity contribution in [2.24, 2.45) is 7.05 Å². The van der Waals surface area contributed by atoms with Gasteiger partial charge in [-0.15, -0.1) is 0 Å². The van der Waals surface area contributed by atoms with E-state index in [4.69, 9.17) is 16.3 Å². The minimum Gasteiger partial charge on any atom is -0.480 e. The summed E-state index contributed by atoms with van der Waals surface area (Å²) in [5.74, 6) is -2.19. The van der Waals surface area contributed by atoms with Gasteiger partial charge in [0, 0.05) is 19.2 Å². The molecule has 1 aromatic carbocycles. The van der Waals surface area contributed by atoms with Crippen LogP contribution in [0.5, 0.6) is 5.75 Å². The van der Waals surface area contributed by atoms with Gasteiger partial charge in [0.05, 0.1) is 17.3 Å². The summed E-state index contributed by atoms with van der Waals surface area (Å²) in [6.07, 6.45) is -4.96. The molecule has 28 heavy (non-hydrogen) atoms. The van der Waals surface area contributed by atoms with Crippen LogP contribution < -0.4 is 16.0 Å². The number of rotatable bonds is 5.